The van der Waals surface area contributed by atoms with Crippen molar-refractivity contribution in [2.75, 3.05) is 13.7 Å². The summed E-state index contributed by atoms with van der Waals surface area (Å²) in [5, 5.41) is 3.46. The Hall–Kier alpha value is -0.610. The zero-order chi connectivity index (χ0) is 13.8. The number of rotatable bonds is 5. The Morgan fingerprint density at radius 2 is 2.22 bits per heavy atom. The minimum Gasteiger partial charge on any atom is -0.468 e. The second kappa shape index (κ2) is 6.53. The van der Waals surface area contributed by atoms with E-state index >= 15 is 0 Å². The Morgan fingerprint density at radius 1 is 1.56 bits per heavy atom. The molecule has 1 heterocycles. The third-order valence-corrected chi connectivity index (χ3v) is 3.78. The summed E-state index contributed by atoms with van der Waals surface area (Å²) in [5.74, 6) is 0.122. The monoisotopic (exact) mass is 257 g/mol. The predicted molar refractivity (Wildman–Crippen MR) is 71.4 cm³/mol. The van der Waals surface area contributed by atoms with E-state index in [2.05, 4.69) is 33.0 Å². The van der Waals surface area contributed by atoms with Crippen LogP contribution in [0.25, 0.3) is 0 Å². The lowest BCUT2D eigenvalue weighted by Gasteiger charge is -2.38. The van der Waals surface area contributed by atoms with Crippen LogP contribution in [-0.4, -0.2) is 37.4 Å². The third kappa shape index (κ3) is 4.25. The van der Waals surface area contributed by atoms with E-state index < -0.39 is 0 Å². The molecular formula is C14H27NO3. The lowest BCUT2D eigenvalue weighted by atomic mass is 9.91. The van der Waals surface area contributed by atoms with Gasteiger partial charge in [0.1, 0.15) is 6.04 Å². The average molecular weight is 257 g/mol. The smallest absolute Gasteiger partial charge is 0.323 e. The standard InChI is InChI=1S/C14H27NO3/c1-6-10(2)12(13(16)17-5)15-11-7-8-18-14(3,4)9-11/h10-12,15H,6-9H2,1-5H3. The van der Waals surface area contributed by atoms with E-state index in [1.807, 2.05) is 0 Å². The van der Waals surface area contributed by atoms with Crippen LogP contribution in [-0.2, 0) is 14.3 Å². The van der Waals surface area contributed by atoms with Gasteiger partial charge in [0.15, 0.2) is 0 Å². The van der Waals surface area contributed by atoms with E-state index in [1.54, 1.807) is 0 Å². The van der Waals surface area contributed by atoms with Crippen LogP contribution in [0.5, 0.6) is 0 Å². The van der Waals surface area contributed by atoms with Crippen LogP contribution in [0.2, 0.25) is 0 Å². The maximum absolute atomic E-state index is 11.8. The Bertz CT molecular complexity index is 278. The fourth-order valence-corrected chi connectivity index (χ4v) is 2.46. The predicted octanol–water partition coefficient (Wildman–Crippen LogP) is 2.12. The van der Waals surface area contributed by atoms with Crippen LogP contribution in [0, 0.1) is 5.92 Å². The van der Waals surface area contributed by atoms with Crippen molar-refractivity contribution in [2.24, 2.45) is 5.92 Å². The molecule has 0 aromatic heterocycles. The summed E-state index contributed by atoms with van der Waals surface area (Å²) in [4.78, 5) is 11.8. The normalized spacial score (nSPS) is 26.4. The van der Waals surface area contributed by atoms with E-state index in [-0.39, 0.29) is 23.5 Å². The highest BCUT2D eigenvalue weighted by Gasteiger charge is 2.33. The third-order valence-electron chi connectivity index (χ3n) is 3.78. The quantitative estimate of drug-likeness (QED) is 0.766. The van der Waals surface area contributed by atoms with Gasteiger partial charge in [0.25, 0.3) is 0 Å². The van der Waals surface area contributed by atoms with Gasteiger partial charge in [0.2, 0.25) is 0 Å². The first-order valence-electron chi connectivity index (χ1n) is 6.87. The summed E-state index contributed by atoms with van der Waals surface area (Å²) >= 11 is 0. The average Bonchev–Trinajstić information content (AvgIpc) is 2.33. The van der Waals surface area contributed by atoms with E-state index in [0.717, 1.165) is 25.9 Å². The number of ether oxygens (including phenoxy) is 2. The highest BCUT2D eigenvalue weighted by atomic mass is 16.5. The Balaban J connectivity index is 2.62. The second-order valence-electron chi connectivity index (χ2n) is 5.85. The molecule has 106 valence electrons. The number of nitrogens with one attached hydrogen (secondary N) is 1. The van der Waals surface area contributed by atoms with Gasteiger partial charge >= 0.3 is 5.97 Å². The van der Waals surface area contributed by atoms with E-state index in [9.17, 15) is 4.79 Å². The SMILES string of the molecule is CCC(C)C(NC1CCOC(C)(C)C1)C(=O)OC. The van der Waals surface area contributed by atoms with Crippen LogP contribution in [0.3, 0.4) is 0 Å². The summed E-state index contributed by atoms with van der Waals surface area (Å²) in [6.45, 7) is 9.11. The fourth-order valence-electron chi connectivity index (χ4n) is 2.46. The number of hydrogen-bond acceptors (Lipinski definition) is 4. The highest BCUT2D eigenvalue weighted by Crippen LogP contribution is 2.25. The number of hydrogen-bond donors (Lipinski definition) is 1. The molecule has 0 aromatic rings. The molecular weight excluding hydrogens is 230 g/mol. The topological polar surface area (TPSA) is 47.6 Å². The summed E-state index contributed by atoms with van der Waals surface area (Å²) in [6.07, 6.45) is 2.84. The molecule has 1 aliphatic rings. The zero-order valence-electron chi connectivity index (χ0n) is 12.3. The van der Waals surface area contributed by atoms with Crippen molar-refractivity contribution < 1.29 is 14.3 Å². The minimum absolute atomic E-state index is 0.105. The van der Waals surface area contributed by atoms with Crippen molar-refractivity contribution in [3.05, 3.63) is 0 Å². The molecule has 3 unspecified atom stereocenters. The van der Waals surface area contributed by atoms with Crippen molar-refractivity contribution in [2.45, 2.75) is 64.6 Å². The lowest BCUT2D eigenvalue weighted by molar-refractivity contribution is -0.145. The maximum Gasteiger partial charge on any atom is 0.323 e. The van der Waals surface area contributed by atoms with Gasteiger partial charge in [-0.3, -0.25) is 4.79 Å². The number of carbonyl (C=O) groups excluding carboxylic acids is 1. The van der Waals surface area contributed by atoms with Gasteiger partial charge < -0.3 is 14.8 Å². The van der Waals surface area contributed by atoms with Gasteiger partial charge in [0.05, 0.1) is 12.7 Å². The Morgan fingerprint density at radius 3 is 2.72 bits per heavy atom. The Labute approximate surface area is 110 Å². The first-order valence-corrected chi connectivity index (χ1v) is 6.87. The summed E-state index contributed by atoms with van der Waals surface area (Å²) in [7, 11) is 1.45. The van der Waals surface area contributed by atoms with Crippen molar-refractivity contribution >= 4 is 5.97 Å². The van der Waals surface area contributed by atoms with Gasteiger partial charge in [-0.25, -0.2) is 0 Å². The first kappa shape index (κ1) is 15.4. The van der Waals surface area contributed by atoms with Gasteiger partial charge in [0, 0.05) is 12.6 Å². The largest absolute Gasteiger partial charge is 0.468 e. The molecule has 1 N–H and O–H groups in total. The van der Waals surface area contributed by atoms with Crippen LogP contribution in [0.15, 0.2) is 0 Å². The van der Waals surface area contributed by atoms with Crippen molar-refractivity contribution in [1.29, 1.82) is 0 Å². The molecule has 1 saturated heterocycles. The molecule has 0 aromatic carbocycles. The molecule has 0 amide bonds. The second-order valence-corrected chi connectivity index (χ2v) is 5.85. The van der Waals surface area contributed by atoms with Crippen molar-refractivity contribution in [3.8, 4) is 0 Å². The molecule has 0 spiro atoms. The summed E-state index contributed by atoms with van der Waals surface area (Å²) in [5.41, 5.74) is -0.105. The number of esters is 1. The van der Waals surface area contributed by atoms with E-state index in [1.165, 1.54) is 7.11 Å². The highest BCUT2D eigenvalue weighted by molar-refractivity contribution is 5.76. The van der Waals surface area contributed by atoms with Crippen LogP contribution >= 0.6 is 0 Å². The van der Waals surface area contributed by atoms with Crippen LogP contribution in [0.1, 0.15) is 47.0 Å². The number of methoxy groups -OCH3 is 1. The molecule has 4 nitrogen and oxygen atoms in total. The van der Waals surface area contributed by atoms with Gasteiger partial charge in [-0.15, -0.1) is 0 Å². The molecule has 0 aliphatic carbocycles. The lowest BCUT2D eigenvalue weighted by Crippen LogP contribution is -2.52. The molecule has 0 radical (unpaired) electrons. The number of carbonyl (C=O) groups is 1. The van der Waals surface area contributed by atoms with Crippen LogP contribution < -0.4 is 5.32 Å². The first-order chi connectivity index (χ1) is 8.39. The molecule has 1 fully saturated rings. The van der Waals surface area contributed by atoms with Gasteiger partial charge in [-0.1, -0.05) is 20.3 Å². The minimum atomic E-state index is -0.209. The van der Waals surface area contributed by atoms with Crippen molar-refractivity contribution in [1.82, 2.24) is 5.32 Å². The van der Waals surface area contributed by atoms with Crippen molar-refractivity contribution in [3.63, 3.8) is 0 Å². The molecule has 4 heteroatoms. The molecule has 1 rings (SSSR count). The van der Waals surface area contributed by atoms with Gasteiger partial charge in [-0.05, 0) is 32.6 Å². The van der Waals surface area contributed by atoms with Gasteiger partial charge in [-0.2, -0.15) is 0 Å². The molecule has 0 bridgehead atoms. The molecule has 18 heavy (non-hydrogen) atoms. The summed E-state index contributed by atoms with van der Waals surface area (Å²) in [6, 6.07) is 0.116. The van der Waals surface area contributed by atoms with Crippen LogP contribution in [0.4, 0.5) is 0 Å². The molecule has 3 atom stereocenters. The maximum atomic E-state index is 11.8. The Kier molecular flexibility index (Phi) is 5.60. The summed E-state index contributed by atoms with van der Waals surface area (Å²) < 4.78 is 10.6. The fraction of sp³-hybridized carbons (Fsp3) is 0.929. The zero-order valence-corrected chi connectivity index (χ0v) is 12.3. The molecule has 0 saturated carbocycles. The van der Waals surface area contributed by atoms with E-state index in [4.69, 9.17) is 9.47 Å². The molecule has 1 aliphatic heterocycles. The van der Waals surface area contributed by atoms with E-state index in [0.29, 0.717) is 6.04 Å².